The predicted octanol–water partition coefficient (Wildman–Crippen LogP) is 4.21. The van der Waals surface area contributed by atoms with E-state index in [9.17, 15) is 0 Å². The molecule has 0 fully saturated rings. The lowest BCUT2D eigenvalue weighted by Gasteiger charge is -2.30. The van der Waals surface area contributed by atoms with Crippen molar-refractivity contribution in [3.05, 3.63) is 35.4 Å². The van der Waals surface area contributed by atoms with Crippen molar-refractivity contribution < 1.29 is 0 Å². The third-order valence-corrected chi connectivity index (χ3v) is 3.72. The summed E-state index contributed by atoms with van der Waals surface area (Å²) >= 11 is 0. The van der Waals surface area contributed by atoms with Gasteiger partial charge in [0, 0.05) is 6.54 Å². The molecule has 0 heterocycles. The van der Waals surface area contributed by atoms with Crippen LogP contribution in [0.2, 0.25) is 0 Å². The van der Waals surface area contributed by atoms with Crippen LogP contribution in [0.3, 0.4) is 0 Å². The summed E-state index contributed by atoms with van der Waals surface area (Å²) in [6.07, 6.45) is 4.85. The monoisotopic (exact) mass is 247 g/mol. The molecule has 0 aliphatic heterocycles. The van der Waals surface area contributed by atoms with Crippen molar-refractivity contribution in [2.45, 2.75) is 53.4 Å². The van der Waals surface area contributed by atoms with Gasteiger partial charge in [-0.15, -0.1) is 0 Å². The first-order chi connectivity index (χ1) is 8.63. The van der Waals surface area contributed by atoms with Crippen LogP contribution in [0.5, 0.6) is 0 Å². The fourth-order valence-corrected chi connectivity index (χ4v) is 2.66. The Bertz CT molecular complexity index is 328. The molecule has 1 nitrogen and oxygen atoms in total. The maximum Gasteiger partial charge on any atom is 0.000823 e. The molecular weight excluding hydrogens is 218 g/mol. The SMILES string of the molecule is CCCC(C)(CNCC)Cc1ccc(CC)cc1. The molecule has 102 valence electrons. The lowest BCUT2D eigenvalue weighted by atomic mass is 9.79. The van der Waals surface area contributed by atoms with Gasteiger partial charge in [0.2, 0.25) is 0 Å². The van der Waals surface area contributed by atoms with Crippen molar-refractivity contribution in [2.75, 3.05) is 13.1 Å². The largest absolute Gasteiger partial charge is 0.316 e. The Morgan fingerprint density at radius 2 is 1.61 bits per heavy atom. The van der Waals surface area contributed by atoms with E-state index in [0.29, 0.717) is 5.41 Å². The summed E-state index contributed by atoms with van der Waals surface area (Å²) in [5.74, 6) is 0. The van der Waals surface area contributed by atoms with Gasteiger partial charge in [-0.1, -0.05) is 58.4 Å². The van der Waals surface area contributed by atoms with Crippen LogP contribution in [-0.4, -0.2) is 13.1 Å². The van der Waals surface area contributed by atoms with Crippen molar-refractivity contribution in [2.24, 2.45) is 5.41 Å². The highest BCUT2D eigenvalue weighted by molar-refractivity contribution is 5.23. The van der Waals surface area contributed by atoms with Crippen molar-refractivity contribution in [3.8, 4) is 0 Å². The van der Waals surface area contributed by atoms with Gasteiger partial charge in [0.15, 0.2) is 0 Å². The second-order valence-electron chi connectivity index (χ2n) is 5.69. The molecule has 1 heteroatoms. The number of rotatable bonds is 8. The lowest BCUT2D eigenvalue weighted by Crippen LogP contribution is -2.33. The molecule has 18 heavy (non-hydrogen) atoms. The van der Waals surface area contributed by atoms with Crippen LogP contribution in [0.1, 0.15) is 51.7 Å². The molecule has 1 N–H and O–H groups in total. The van der Waals surface area contributed by atoms with E-state index in [1.165, 1.54) is 30.4 Å². The average Bonchev–Trinajstić information content (AvgIpc) is 2.38. The Labute approximate surface area is 113 Å². The van der Waals surface area contributed by atoms with Crippen LogP contribution in [0, 0.1) is 5.41 Å². The van der Waals surface area contributed by atoms with Gasteiger partial charge in [-0.3, -0.25) is 0 Å². The second-order valence-corrected chi connectivity index (χ2v) is 5.69. The fourth-order valence-electron chi connectivity index (χ4n) is 2.66. The molecule has 0 radical (unpaired) electrons. The third-order valence-electron chi connectivity index (χ3n) is 3.72. The average molecular weight is 247 g/mol. The lowest BCUT2D eigenvalue weighted by molar-refractivity contribution is 0.277. The zero-order valence-electron chi connectivity index (χ0n) is 12.6. The zero-order chi connectivity index (χ0) is 13.4. The highest BCUT2D eigenvalue weighted by Gasteiger charge is 2.23. The summed E-state index contributed by atoms with van der Waals surface area (Å²) in [5.41, 5.74) is 3.29. The highest BCUT2D eigenvalue weighted by Crippen LogP contribution is 2.27. The van der Waals surface area contributed by atoms with Gasteiger partial charge in [-0.25, -0.2) is 0 Å². The standard InChI is InChI=1S/C17H29N/c1-5-12-17(4,14-18-7-3)13-16-10-8-15(6-2)9-11-16/h8-11,18H,5-7,12-14H2,1-4H3. The first-order valence-corrected chi connectivity index (χ1v) is 7.42. The minimum Gasteiger partial charge on any atom is -0.316 e. The van der Waals surface area contributed by atoms with Gasteiger partial charge in [-0.2, -0.15) is 0 Å². The summed E-state index contributed by atoms with van der Waals surface area (Å²) in [4.78, 5) is 0. The van der Waals surface area contributed by atoms with Crippen molar-refractivity contribution in [3.63, 3.8) is 0 Å². The molecule has 0 saturated carbocycles. The van der Waals surface area contributed by atoms with Crippen LogP contribution in [0.4, 0.5) is 0 Å². The number of aryl methyl sites for hydroxylation is 1. The first kappa shape index (κ1) is 15.2. The molecule has 0 aromatic heterocycles. The number of hydrogen-bond acceptors (Lipinski definition) is 1. The molecule has 0 saturated heterocycles. The number of nitrogens with one attached hydrogen (secondary N) is 1. The number of benzene rings is 1. The van der Waals surface area contributed by atoms with E-state index in [4.69, 9.17) is 0 Å². The van der Waals surface area contributed by atoms with Crippen LogP contribution in [0.15, 0.2) is 24.3 Å². The van der Waals surface area contributed by atoms with Crippen molar-refractivity contribution in [1.82, 2.24) is 5.32 Å². The Balaban J connectivity index is 2.68. The van der Waals surface area contributed by atoms with Gasteiger partial charge < -0.3 is 5.32 Å². The molecule has 0 spiro atoms. The quantitative estimate of drug-likeness (QED) is 0.725. The predicted molar refractivity (Wildman–Crippen MR) is 81.1 cm³/mol. The zero-order valence-corrected chi connectivity index (χ0v) is 12.6. The Hall–Kier alpha value is -0.820. The van der Waals surface area contributed by atoms with E-state index in [0.717, 1.165) is 19.5 Å². The van der Waals surface area contributed by atoms with Crippen molar-refractivity contribution in [1.29, 1.82) is 0 Å². The van der Waals surface area contributed by atoms with E-state index in [-0.39, 0.29) is 0 Å². The van der Waals surface area contributed by atoms with E-state index in [1.54, 1.807) is 0 Å². The molecule has 1 unspecified atom stereocenters. The Morgan fingerprint density at radius 1 is 1.00 bits per heavy atom. The minimum absolute atomic E-state index is 0.387. The van der Waals surface area contributed by atoms with Gasteiger partial charge in [0.1, 0.15) is 0 Å². The fraction of sp³-hybridized carbons (Fsp3) is 0.647. The molecular formula is C17H29N. The summed E-state index contributed by atoms with van der Waals surface area (Å²) in [7, 11) is 0. The molecule has 1 atom stereocenters. The van der Waals surface area contributed by atoms with Gasteiger partial charge in [0.25, 0.3) is 0 Å². The van der Waals surface area contributed by atoms with E-state index in [1.807, 2.05) is 0 Å². The number of hydrogen-bond donors (Lipinski definition) is 1. The molecule has 0 aliphatic rings. The maximum atomic E-state index is 3.52. The maximum absolute atomic E-state index is 3.52. The van der Waals surface area contributed by atoms with Crippen molar-refractivity contribution >= 4 is 0 Å². The molecule has 1 aromatic carbocycles. The highest BCUT2D eigenvalue weighted by atomic mass is 14.9. The molecule has 0 amide bonds. The van der Waals surface area contributed by atoms with Gasteiger partial charge in [-0.05, 0) is 42.3 Å². The molecule has 0 bridgehead atoms. The minimum atomic E-state index is 0.387. The van der Waals surface area contributed by atoms with E-state index >= 15 is 0 Å². The van der Waals surface area contributed by atoms with Crippen LogP contribution in [-0.2, 0) is 12.8 Å². The van der Waals surface area contributed by atoms with Crippen LogP contribution >= 0.6 is 0 Å². The molecule has 0 aliphatic carbocycles. The van der Waals surface area contributed by atoms with Gasteiger partial charge in [0.05, 0.1) is 0 Å². The van der Waals surface area contributed by atoms with E-state index < -0.39 is 0 Å². The van der Waals surface area contributed by atoms with Crippen LogP contribution in [0.25, 0.3) is 0 Å². The molecule has 1 aromatic rings. The second kappa shape index (κ2) is 7.58. The third kappa shape index (κ3) is 4.81. The topological polar surface area (TPSA) is 12.0 Å². The smallest absolute Gasteiger partial charge is 0.000823 e. The Kier molecular flexibility index (Phi) is 6.42. The van der Waals surface area contributed by atoms with Gasteiger partial charge >= 0.3 is 0 Å². The Morgan fingerprint density at radius 3 is 2.11 bits per heavy atom. The summed E-state index contributed by atoms with van der Waals surface area (Å²) in [5, 5.41) is 3.52. The normalized spacial score (nSPS) is 14.4. The molecule has 1 rings (SSSR count). The summed E-state index contributed by atoms with van der Waals surface area (Å²) in [6, 6.07) is 9.15. The van der Waals surface area contributed by atoms with Crippen LogP contribution < -0.4 is 5.32 Å². The summed E-state index contributed by atoms with van der Waals surface area (Å²) in [6.45, 7) is 11.3. The van der Waals surface area contributed by atoms with E-state index in [2.05, 4.69) is 57.3 Å². The first-order valence-electron chi connectivity index (χ1n) is 7.42. The summed E-state index contributed by atoms with van der Waals surface area (Å²) < 4.78 is 0.